The normalized spacial score (nSPS) is 10.7. The third-order valence-corrected chi connectivity index (χ3v) is 3.77. The first-order valence-electron chi connectivity index (χ1n) is 5.80. The zero-order valence-corrected chi connectivity index (χ0v) is 10.6. The number of rotatable bonds is 3. The summed E-state index contributed by atoms with van der Waals surface area (Å²) in [6.07, 6.45) is 0. The van der Waals surface area contributed by atoms with Crippen molar-refractivity contribution in [2.75, 3.05) is 0 Å². The minimum Gasteiger partial charge on any atom is -0.456 e. The molecule has 0 aliphatic rings. The van der Waals surface area contributed by atoms with Gasteiger partial charge in [-0.15, -0.1) is 11.3 Å². The molecule has 90 valence electrons. The lowest BCUT2D eigenvalue weighted by Gasteiger charge is -2.05. The SMILES string of the molecule is NCc1ccc(Oc2csc3ccccc23)cc1. The van der Waals surface area contributed by atoms with Gasteiger partial charge in [0.25, 0.3) is 0 Å². The van der Waals surface area contributed by atoms with E-state index in [4.69, 9.17) is 10.5 Å². The molecule has 0 amide bonds. The Balaban J connectivity index is 1.91. The topological polar surface area (TPSA) is 35.2 Å². The molecule has 1 aromatic heterocycles. The highest BCUT2D eigenvalue weighted by molar-refractivity contribution is 7.17. The van der Waals surface area contributed by atoms with Gasteiger partial charge in [-0.3, -0.25) is 0 Å². The van der Waals surface area contributed by atoms with Crippen molar-refractivity contribution in [2.24, 2.45) is 5.73 Å². The predicted molar refractivity (Wildman–Crippen MR) is 76.2 cm³/mol. The van der Waals surface area contributed by atoms with Crippen LogP contribution in [-0.2, 0) is 6.54 Å². The Bertz CT molecular complexity index is 658. The van der Waals surface area contributed by atoms with E-state index < -0.39 is 0 Å². The molecule has 3 rings (SSSR count). The Morgan fingerprint density at radius 1 is 1.00 bits per heavy atom. The molecule has 3 heteroatoms. The second-order valence-corrected chi connectivity index (χ2v) is 4.96. The fourth-order valence-electron chi connectivity index (χ4n) is 1.85. The minimum atomic E-state index is 0.557. The Kier molecular flexibility index (Phi) is 3.00. The molecule has 2 aromatic carbocycles. The van der Waals surface area contributed by atoms with Crippen molar-refractivity contribution in [1.29, 1.82) is 0 Å². The molecule has 0 saturated carbocycles. The fraction of sp³-hybridized carbons (Fsp3) is 0.0667. The monoisotopic (exact) mass is 255 g/mol. The quantitative estimate of drug-likeness (QED) is 0.763. The molecule has 0 radical (unpaired) electrons. The molecule has 2 N–H and O–H groups in total. The van der Waals surface area contributed by atoms with E-state index in [9.17, 15) is 0 Å². The van der Waals surface area contributed by atoms with Crippen molar-refractivity contribution in [2.45, 2.75) is 6.54 Å². The molecule has 0 aliphatic heterocycles. The second-order valence-electron chi connectivity index (χ2n) is 4.05. The number of benzene rings is 2. The Morgan fingerprint density at radius 2 is 1.78 bits per heavy atom. The van der Waals surface area contributed by atoms with Crippen LogP contribution in [0.1, 0.15) is 5.56 Å². The molecule has 0 unspecified atom stereocenters. The summed E-state index contributed by atoms with van der Waals surface area (Å²) >= 11 is 1.70. The van der Waals surface area contributed by atoms with E-state index in [0.717, 1.165) is 22.4 Å². The van der Waals surface area contributed by atoms with Gasteiger partial charge in [0.05, 0.1) is 0 Å². The summed E-state index contributed by atoms with van der Waals surface area (Å²) in [5.74, 6) is 1.76. The van der Waals surface area contributed by atoms with Gasteiger partial charge in [0, 0.05) is 22.0 Å². The van der Waals surface area contributed by atoms with E-state index in [1.807, 2.05) is 41.8 Å². The lowest BCUT2D eigenvalue weighted by atomic mass is 10.2. The maximum Gasteiger partial charge on any atom is 0.145 e. The van der Waals surface area contributed by atoms with Crippen LogP contribution >= 0.6 is 11.3 Å². The number of nitrogens with two attached hydrogens (primary N) is 1. The van der Waals surface area contributed by atoms with E-state index in [1.165, 1.54) is 4.70 Å². The van der Waals surface area contributed by atoms with E-state index in [2.05, 4.69) is 12.1 Å². The highest BCUT2D eigenvalue weighted by atomic mass is 32.1. The highest BCUT2D eigenvalue weighted by Gasteiger charge is 2.05. The summed E-state index contributed by atoms with van der Waals surface area (Å²) in [4.78, 5) is 0. The molecule has 3 aromatic rings. The van der Waals surface area contributed by atoms with Gasteiger partial charge in [0.15, 0.2) is 0 Å². The van der Waals surface area contributed by atoms with Crippen molar-refractivity contribution < 1.29 is 4.74 Å². The third-order valence-electron chi connectivity index (χ3n) is 2.83. The van der Waals surface area contributed by atoms with Gasteiger partial charge in [0.1, 0.15) is 11.5 Å². The van der Waals surface area contributed by atoms with Gasteiger partial charge in [-0.05, 0) is 29.8 Å². The van der Waals surface area contributed by atoms with Gasteiger partial charge in [-0.1, -0.05) is 24.3 Å². The maximum atomic E-state index is 5.90. The minimum absolute atomic E-state index is 0.557. The first kappa shape index (κ1) is 11.3. The standard InChI is InChI=1S/C15H13NOS/c16-9-11-5-7-12(8-6-11)17-14-10-18-15-4-2-1-3-13(14)15/h1-8,10H,9,16H2. The van der Waals surface area contributed by atoms with Gasteiger partial charge in [-0.2, -0.15) is 0 Å². The first-order valence-corrected chi connectivity index (χ1v) is 6.68. The lowest BCUT2D eigenvalue weighted by Crippen LogP contribution is -1.95. The van der Waals surface area contributed by atoms with E-state index in [-0.39, 0.29) is 0 Å². The Hall–Kier alpha value is -1.84. The van der Waals surface area contributed by atoms with Crippen LogP contribution in [0.15, 0.2) is 53.9 Å². The van der Waals surface area contributed by atoms with Crippen molar-refractivity contribution >= 4 is 21.4 Å². The molecule has 18 heavy (non-hydrogen) atoms. The van der Waals surface area contributed by atoms with Gasteiger partial charge in [0.2, 0.25) is 0 Å². The molecule has 2 nitrogen and oxygen atoms in total. The largest absolute Gasteiger partial charge is 0.456 e. The van der Waals surface area contributed by atoms with Crippen molar-refractivity contribution in [3.8, 4) is 11.5 Å². The zero-order chi connectivity index (χ0) is 12.4. The van der Waals surface area contributed by atoms with Crippen LogP contribution in [0.4, 0.5) is 0 Å². The van der Waals surface area contributed by atoms with Crippen molar-refractivity contribution in [3.05, 3.63) is 59.5 Å². The lowest BCUT2D eigenvalue weighted by molar-refractivity contribution is 0.490. The summed E-state index contributed by atoms with van der Waals surface area (Å²) in [5.41, 5.74) is 6.68. The van der Waals surface area contributed by atoms with Gasteiger partial charge < -0.3 is 10.5 Å². The first-order chi connectivity index (χ1) is 8.86. The number of fused-ring (bicyclic) bond motifs is 1. The molecule has 1 heterocycles. The Morgan fingerprint density at radius 3 is 2.56 bits per heavy atom. The van der Waals surface area contributed by atoms with Crippen LogP contribution in [0.5, 0.6) is 11.5 Å². The molecular weight excluding hydrogens is 242 g/mol. The number of hydrogen-bond acceptors (Lipinski definition) is 3. The van der Waals surface area contributed by atoms with E-state index in [0.29, 0.717) is 6.54 Å². The summed E-state index contributed by atoms with van der Waals surface area (Å²) in [7, 11) is 0. The average Bonchev–Trinajstić information content (AvgIpc) is 2.83. The van der Waals surface area contributed by atoms with Crippen LogP contribution in [0.25, 0.3) is 10.1 Å². The smallest absolute Gasteiger partial charge is 0.145 e. The maximum absolute atomic E-state index is 5.90. The van der Waals surface area contributed by atoms with Gasteiger partial charge >= 0.3 is 0 Å². The number of thiophene rings is 1. The molecule has 0 saturated heterocycles. The summed E-state index contributed by atoms with van der Waals surface area (Å²) in [6, 6.07) is 16.1. The van der Waals surface area contributed by atoms with E-state index in [1.54, 1.807) is 11.3 Å². The Labute approximate surface area is 110 Å². The van der Waals surface area contributed by atoms with Crippen molar-refractivity contribution in [1.82, 2.24) is 0 Å². The number of hydrogen-bond donors (Lipinski definition) is 1. The van der Waals surface area contributed by atoms with Gasteiger partial charge in [-0.25, -0.2) is 0 Å². The van der Waals surface area contributed by atoms with Crippen molar-refractivity contribution in [3.63, 3.8) is 0 Å². The van der Waals surface area contributed by atoms with Crippen LogP contribution < -0.4 is 10.5 Å². The summed E-state index contributed by atoms with van der Waals surface area (Å²) in [6.45, 7) is 0.557. The molecule has 0 bridgehead atoms. The summed E-state index contributed by atoms with van der Waals surface area (Å²) < 4.78 is 7.14. The predicted octanol–water partition coefficient (Wildman–Crippen LogP) is 4.15. The fourth-order valence-corrected chi connectivity index (χ4v) is 2.71. The van der Waals surface area contributed by atoms with Crippen LogP contribution in [0.2, 0.25) is 0 Å². The summed E-state index contributed by atoms with van der Waals surface area (Å²) in [5, 5.41) is 3.20. The molecule has 0 aliphatic carbocycles. The average molecular weight is 255 g/mol. The molecule has 0 fully saturated rings. The van der Waals surface area contributed by atoms with E-state index >= 15 is 0 Å². The van der Waals surface area contributed by atoms with Crippen LogP contribution in [0.3, 0.4) is 0 Å². The van der Waals surface area contributed by atoms with Crippen LogP contribution in [0, 0.1) is 0 Å². The zero-order valence-electron chi connectivity index (χ0n) is 9.80. The second kappa shape index (κ2) is 4.80. The molecule has 0 spiro atoms. The highest BCUT2D eigenvalue weighted by Crippen LogP contribution is 2.34. The number of ether oxygens (including phenoxy) is 1. The molecule has 0 atom stereocenters. The third kappa shape index (κ3) is 2.10. The van der Waals surface area contributed by atoms with Crippen LogP contribution in [-0.4, -0.2) is 0 Å². The molecular formula is C15H13NOS.